The molecule has 36 heavy (non-hydrogen) atoms. The molecule has 1 aliphatic heterocycles. The van der Waals surface area contributed by atoms with Gasteiger partial charge in [0, 0.05) is 43.6 Å². The van der Waals surface area contributed by atoms with Crippen LogP contribution in [0.1, 0.15) is 23.0 Å². The van der Waals surface area contributed by atoms with Gasteiger partial charge in [-0.2, -0.15) is 13.2 Å². The largest absolute Gasteiger partial charge is 0.497 e. The molecule has 1 N–H and O–H groups in total. The van der Waals surface area contributed by atoms with Gasteiger partial charge >= 0.3 is 18.1 Å². The van der Waals surface area contributed by atoms with Gasteiger partial charge in [0.1, 0.15) is 5.75 Å². The highest BCUT2D eigenvalue weighted by Gasteiger charge is 2.38. The number of amides is 3. The van der Waals surface area contributed by atoms with Crippen molar-refractivity contribution >= 4 is 23.4 Å². The number of anilines is 1. The molecule has 194 valence electrons. The molecular weight excluding hydrogens is 479 g/mol. The second-order valence-electron chi connectivity index (χ2n) is 8.13. The molecule has 1 aliphatic rings. The fraction of sp³-hybridized carbons (Fsp3) is 0.417. The molecule has 2 aromatic rings. The van der Waals surface area contributed by atoms with Crippen LogP contribution in [0.25, 0.3) is 0 Å². The van der Waals surface area contributed by atoms with Crippen LogP contribution in [0.5, 0.6) is 5.75 Å². The molecule has 0 radical (unpaired) electrons. The standard InChI is InChI=1S/C24H28F3N5O4/c1-3-30-10-12-31(13-11-30)23(35)32(19-6-8-20(36-2)9-7-19)16-18-5-4-17(14-28-18)21(33)15-29-22(34)24(25,26)27/h4-9,14H,3,10-13,15-16H2,1-2H3,(H,29,34). The summed E-state index contributed by atoms with van der Waals surface area (Å²) >= 11 is 0. The number of halogens is 3. The number of benzene rings is 1. The molecule has 9 nitrogen and oxygen atoms in total. The number of hydrogen-bond acceptors (Lipinski definition) is 6. The first kappa shape index (κ1) is 26.9. The first-order chi connectivity index (χ1) is 17.1. The lowest BCUT2D eigenvalue weighted by molar-refractivity contribution is -0.173. The molecule has 0 saturated carbocycles. The smallest absolute Gasteiger partial charge is 0.471 e. The molecule has 3 rings (SSSR count). The summed E-state index contributed by atoms with van der Waals surface area (Å²) in [6, 6.07) is 9.76. The van der Waals surface area contributed by atoms with Gasteiger partial charge in [0.05, 0.1) is 25.9 Å². The van der Waals surface area contributed by atoms with E-state index in [4.69, 9.17) is 4.74 Å². The Hall–Kier alpha value is -3.67. The lowest BCUT2D eigenvalue weighted by Crippen LogP contribution is -2.52. The molecule has 1 aromatic carbocycles. The maximum absolute atomic E-state index is 13.4. The zero-order valence-corrected chi connectivity index (χ0v) is 20.0. The number of pyridine rings is 1. The Kier molecular flexibility index (Phi) is 8.86. The highest BCUT2D eigenvalue weighted by molar-refractivity contribution is 5.99. The lowest BCUT2D eigenvalue weighted by atomic mass is 10.1. The number of urea groups is 1. The normalized spacial score (nSPS) is 14.3. The number of methoxy groups -OCH3 is 1. The number of alkyl halides is 3. The topological polar surface area (TPSA) is 95.1 Å². The number of ether oxygens (including phenoxy) is 1. The number of nitrogens with zero attached hydrogens (tertiary/aromatic N) is 4. The summed E-state index contributed by atoms with van der Waals surface area (Å²) in [6.45, 7) is 5.02. The van der Waals surface area contributed by atoms with Gasteiger partial charge in [-0.15, -0.1) is 0 Å². The fourth-order valence-corrected chi connectivity index (χ4v) is 3.67. The third kappa shape index (κ3) is 6.94. The monoisotopic (exact) mass is 507 g/mol. The second-order valence-corrected chi connectivity index (χ2v) is 8.13. The van der Waals surface area contributed by atoms with Crippen molar-refractivity contribution in [1.82, 2.24) is 20.1 Å². The first-order valence-electron chi connectivity index (χ1n) is 11.4. The number of ketones is 1. The molecule has 3 amide bonds. The number of rotatable bonds is 8. The van der Waals surface area contributed by atoms with E-state index in [0.717, 1.165) is 19.6 Å². The molecule has 12 heteroatoms. The van der Waals surface area contributed by atoms with Gasteiger partial charge in [-0.3, -0.25) is 19.5 Å². The number of nitrogens with one attached hydrogen (secondary N) is 1. The van der Waals surface area contributed by atoms with Gasteiger partial charge in [0.15, 0.2) is 5.78 Å². The molecule has 0 unspecified atom stereocenters. The number of piperazine rings is 1. The summed E-state index contributed by atoms with van der Waals surface area (Å²) in [5.74, 6) is -2.27. The zero-order chi connectivity index (χ0) is 26.3. The lowest BCUT2D eigenvalue weighted by Gasteiger charge is -2.37. The van der Waals surface area contributed by atoms with E-state index in [9.17, 15) is 27.6 Å². The van der Waals surface area contributed by atoms with E-state index in [1.165, 1.54) is 18.3 Å². The minimum atomic E-state index is -5.07. The van der Waals surface area contributed by atoms with Crippen molar-refractivity contribution in [3.05, 3.63) is 53.9 Å². The van der Waals surface area contributed by atoms with Crippen molar-refractivity contribution in [2.24, 2.45) is 0 Å². The Bertz CT molecular complexity index is 1050. The molecule has 2 heterocycles. The van der Waals surface area contributed by atoms with Gasteiger partial charge in [-0.05, 0) is 42.9 Å². The third-order valence-electron chi connectivity index (χ3n) is 5.84. The minimum absolute atomic E-state index is 0.0410. The molecular formula is C24H28F3N5O4. The van der Waals surface area contributed by atoms with Gasteiger partial charge in [0.2, 0.25) is 0 Å². The highest BCUT2D eigenvalue weighted by Crippen LogP contribution is 2.23. The molecule has 1 aromatic heterocycles. The van der Waals surface area contributed by atoms with E-state index >= 15 is 0 Å². The molecule has 0 aliphatic carbocycles. The number of Topliss-reactive ketones (excluding diaryl/α,β-unsaturated/α-hetero) is 1. The van der Waals surface area contributed by atoms with Gasteiger partial charge in [-0.1, -0.05) is 6.92 Å². The Balaban J connectivity index is 1.73. The quantitative estimate of drug-likeness (QED) is 0.553. The van der Waals surface area contributed by atoms with Gasteiger partial charge < -0.3 is 19.9 Å². The first-order valence-corrected chi connectivity index (χ1v) is 11.4. The third-order valence-corrected chi connectivity index (χ3v) is 5.84. The van der Waals surface area contributed by atoms with Crippen LogP contribution >= 0.6 is 0 Å². The highest BCUT2D eigenvalue weighted by atomic mass is 19.4. The van der Waals surface area contributed by atoms with Crippen LogP contribution in [-0.4, -0.2) is 85.1 Å². The number of carbonyl (C=O) groups excluding carboxylic acids is 3. The minimum Gasteiger partial charge on any atom is -0.497 e. The average molecular weight is 508 g/mol. The zero-order valence-electron chi connectivity index (χ0n) is 20.0. The van der Waals surface area contributed by atoms with Crippen LogP contribution in [0, 0.1) is 0 Å². The van der Waals surface area contributed by atoms with Crippen LogP contribution < -0.4 is 15.0 Å². The van der Waals surface area contributed by atoms with Crippen molar-refractivity contribution in [3.8, 4) is 5.75 Å². The summed E-state index contributed by atoms with van der Waals surface area (Å²) in [4.78, 5) is 46.4. The molecule has 1 saturated heterocycles. The van der Waals surface area contributed by atoms with E-state index in [1.807, 2.05) is 0 Å². The van der Waals surface area contributed by atoms with Crippen LogP contribution in [0.4, 0.5) is 23.7 Å². The van der Waals surface area contributed by atoms with Gasteiger partial charge in [-0.25, -0.2) is 4.79 Å². The van der Waals surface area contributed by atoms with Crippen LogP contribution in [0.15, 0.2) is 42.6 Å². The van der Waals surface area contributed by atoms with E-state index in [1.54, 1.807) is 46.5 Å². The number of hydrogen-bond donors (Lipinski definition) is 1. The van der Waals surface area contributed by atoms with Crippen LogP contribution in [0.2, 0.25) is 0 Å². The van der Waals surface area contributed by atoms with Crippen molar-refractivity contribution < 1.29 is 32.3 Å². The van der Waals surface area contributed by atoms with E-state index in [0.29, 0.717) is 30.2 Å². The Labute approximate surface area is 206 Å². The van der Waals surface area contributed by atoms with Crippen LogP contribution in [-0.2, 0) is 11.3 Å². The molecule has 0 bridgehead atoms. The fourth-order valence-electron chi connectivity index (χ4n) is 3.67. The summed E-state index contributed by atoms with van der Waals surface area (Å²) < 4.78 is 42.2. The molecule has 0 spiro atoms. The summed E-state index contributed by atoms with van der Waals surface area (Å²) in [7, 11) is 1.55. The van der Waals surface area contributed by atoms with Crippen LogP contribution in [0.3, 0.4) is 0 Å². The molecule has 0 atom stereocenters. The number of aromatic nitrogens is 1. The van der Waals surface area contributed by atoms with E-state index in [2.05, 4.69) is 16.8 Å². The number of carbonyl (C=O) groups is 3. The predicted molar refractivity (Wildman–Crippen MR) is 126 cm³/mol. The SMILES string of the molecule is CCN1CCN(C(=O)N(Cc2ccc(C(=O)CNC(=O)C(F)(F)F)cn2)c2ccc(OC)cc2)CC1. The summed E-state index contributed by atoms with van der Waals surface area (Å²) in [5, 5.41) is 1.54. The van der Waals surface area contributed by atoms with Crippen molar-refractivity contribution in [3.63, 3.8) is 0 Å². The Morgan fingerprint density at radius 2 is 1.72 bits per heavy atom. The Morgan fingerprint density at radius 3 is 2.25 bits per heavy atom. The average Bonchev–Trinajstić information content (AvgIpc) is 2.89. The van der Waals surface area contributed by atoms with Crippen molar-refractivity contribution in [2.75, 3.05) is 51.3 Å². The number of likely N-dealkylation sites (N-methyl/N-ethyl adjacent to an activating group) is 1. The second kappa shape index (κ2) is 11.8. The van der Waals surface area contributed by atoms with E-state index in [-0.39, 0.29) is 18.1 Å². The maximum atomic E-state index is 13.4. The van der Waals surface area contributed by atoms with E-state index < -0.39 is 24.4 Å². The van der Waals surface area contributed by atoms with Crippen molar-refractivity contribution in [2.45, 2.75) is 19.6 Å². The predicted octanol–water partition coefficient (Wildman–Crippen LogP) is 2.72. The maximum Gasteiger partial charge on any atom is 0.471 e. The molecule has 1 fully saturated rings. The van der Waals surface area contributed by atoms with Crippen molar-refractivity contribution in [1.29, 1.82) is 0 Å². The van der Waals surface area contributed by atoms with Gasteiger partial charge in [0.25, 0.3) is 0 Å². The summed E-state index contributed by atoms with van der Waals surface area (Å²) in [6.07, 6.45) is -3.85. The Morgan fingerprint density at radius 1 is 1.06 bits per heavy atom. The summed E-state index contributed by atoms with van der Waals surface area (Å²) in [5.41, 5.74) is 1.15.